The number of nitrogens with zero attached hydrogens (tertiary/aromatic N) is 3. The summed E-state index contributed by atoms with van der Waals surface area (Å²) in [6, 6.07) is 8.29. The first kappa shape index (κ1) is 17.3. The molecular formula is C21H28N4O. The molecule has 0 bridgehead atoms. The Kier molecular flexibility index (Phi) is 4.81. The molecular weight excluding hydrogens is 324 g/mol. The third kappa shape index (κ3) is 3.05. The van der Waals surface area contributed by atoms with Gasteiger partial charge in [-0.2, -0.15) is 5.10 Å². The third-order valence-corrected chi connectivity index (χ3v) is 5.78. The second kappa shape index (κ2) is 7.23. The summed E-state index contributed by atoms with van der Waals surface area (Å²) < 4.78 is 2.03. The summed E-state index contributed by atoms with van der Waals surface area (Å²) in [5.41, 5.74) is 5.37. The number of fused-ring (bicyclic) bond motifs is 1. The van der Waals surface area contributed by atoms with Gasteiger partial charge in [0.05, 0.1) is 5.69 Å². The van der Waals surface area contributed by atoms with Gasteiger partial charge in [0.15, 0.2) is 5.69 Å². The van der Waals surface area contributed by atoms with Gasteiger partial charge >= 0.3 is 0 Å². The van der Waals surface area contributed by atoms with E-state index in [0.29, 0.717) is 11.6 Å². The second-order valence-electron chi connectivity index (χ2n) is 7.64. The van der Waals surface area contributed by atoms with Crippen molar-refractivity contribution in [3.8, 4) is 5.69 Å². The van der Waals surface area contributed by atoms with Crippen molar-refractivity contribution in [1.82, 2.24) is 20.0 Å². The molecule has 1 saturated heterocycles. The number of benzene rings is 1. The largest absolute Gasteiger partial charge is 0.337 e. The summed E-state index contributed by atoms with van der Waals surface area (Å²) in [4.78, 5) is 15.3. The summed E-state index contributed by atoms with van der Waals surface area (Å²) in [5, 5.41) is 8.07. The van der Waals surface area contributed by atoms with Gasteiger partial charge in [-0.1, -0.05) is 18.2 Å². The fourth-order valence-corrected chi connectivity index (χ4v) is 4.46. The number of carbonyl (C=O) groups excluding carboxylic acids is 1. The van der Waals surface area contributed by atoms with Gasteiger partial charge in [0.2, 0.25) is 0 Å². The molecule has 138 valence electrons. The van der Waals surface area contributed by atoms with Crippen molar-refractivity contribution in [2.45, 2.75) is 39.0 Å². The number of amides is 1. The van der Waals surface area contributed by atoms with Crippen molar-refractivity contribution < 1.29 is 4.79 Å². The number of hydrogen-bond donors (Lipinski definition) is 1. The highest BCUT2D eigenvalue weighted by Gasteiger charge is 2.31. The lowest BCUT2D eigenvalue weighted by atomic mass is 9.97. The Bertz CT molecular complexity index is 808. The maximum Gasteiger partial charge on any atom is 0.274 e. The SMILES string of the molecule is CNCC1CCCN(C(=O)c2nn(-c3ccccc3C)c3c2CCC3)C1. The van der Waals surface area contributed by atoms with Crippen LogP contribution in [0.1, 0.15) is 46.6 Å². The molecule has 5 heteroatoms. The van der Waals surface area contributed by atoms with E-state index in [1.54, 1.807) is 0 Å². The van der Waals surface area contributed by atoms with Crippen molar-refractivity contribution in [2.24, 2.45) is 5.92 Å². The third-order valence-electron chi connectivity index (χ3n) is 5.78. The van der Waals surface area contributed by atoms with Crippen LogP contribution in [0.5, 0.6) is 0 Å². The molecule has 1 aromatic carbocycles. The number of piperidine rings is 1. The number of aromatic nitrogens is 2. The van der Waals surface area contributed by atoms with Gasteiger partial charge in [-0.15, -0.1) is 0 Å². The van der Waals surface area contributed by atoms with E-state index in [1.165, 1.54) is 23.2 Å². The summed E-state index contributed by atoms with van der Waals surface area (Å²) >= 11 is 0. The Morgan fingerprint density at radius 3 is 2.92 bits per heavy atom. The zero-order valence-corrected chi connectivity index (χ0v) is 15.8. The van der Waals surface area contributed by atoms with Gasteiger partial charge in [0, 0.05) is 24.3 Å². The average molecular weight is 352 g/mol. The molecule has 2 heterocycles. The fraction of sp³-hybridized carbons (Fsp3) is 0.524. The number of aryl methyl sites for hydroxylation is 1. The number of para-hydroxylation sites is 1. The van der Waals surface area contributed by atoms with Crippen LogP contribution in [0.2, 0.25) is 0 Å². The number of carbonyl (C=O) groups is 1. The fourth-order valence-electron chi connectivity index (χ4n) is 4.46. The number of rotatable bonds is 4. The molecule has 2 aromatic rings. The Morgan fingerprint density at radius 1 is 1.27 bits per heavy atom. The summed E-state index contributed by atoms with van der Waals surface area (Å²) in [6.07, 6.45) is 5.36. The number of likely N-dealkylation sites (tertiary alicyclic amines) is 1. The lowest BCUT2D eigenvalue weighted by molar-refractivity contribution is 0.0666. The van der Waals surface area contributed by atoms with E-state index in [0.717, 1.165) is 51.0 Å². The van der Waals surface area contributed by atoms with Crippen molar-refractivity contribution in [3.63, 3.8) is 0 Å². The predicted octanol–water partition coefficient (Wildman–Crippen LogP) is 2.74. The molecule has 0 radical (unpaired) electrons. The summed E-state index contributed by atoms with van der Waals surface area (Å²) in [6.45, 7) is 4.77. The van der Waals surface area contributed by atoms with Gasteiger partial charge < -0.3 is 10.2 Å². The average Bonchev–Trinajstić information content (AvgIpc) is 3.25. The second-order valence-corrected chi connectivity index (χ2v) is 7.64. The monoisotopic (exact) mass is 352 g/mol. The molecule has 1 aliphatic carbocycles. The Balaban J connectivity index is 1.66. The standard InChI is InChI=1S/C21H28N4O/c1-15-7-3-4-10-18(15)25-19-11-5-9-17(19)20(23-25)21(26)24-12-6-8-16(14-24)13-22-2/h3-4,7,10,16,22H,5-6,8-9,11-14H2,1-2H3. The zero-order valence-electron chi connectivity index (χ0n) is 15.8. The molecule has 2 aliphatic rings. The van der Waals surface area contributed by atoms with Gasteiger partial charge in [0.1, 0.15) is 0 Å². The maximum absolute atomic E-state index is 13.3. The van der Waals surface area contributed by atoms with E-state index in [-0.39, 0.29) is 5.91 Å². The quantitative estimate of drug-likeness (QED) is 0.920. The number of nitrogens with one attached hydrogen (secondary N) is 1. The minimum Gasteiger partial charge on any atom is -0.337 e. The van der Waals surface area contributed by atoms with Gasteiger partial charge in [0.25, 0.3) is 5.91 Å². The summed E-state index contributed by atoms with van der Waals surface area (Å²) in [5.74, 6) is 0.667. The maximum atomic E-state index is 13.3. The highest BCUT2D eigenvalue weighted by atomic mass is 16.2. The molecule has 1 atom stereocenters. The Morgan fingerprint density at radius 2 is 2.12 bits per heavy atom. The van der Waals surface area contributed by atoms with Gasteiger partial charge in [-0.25, -0.2) is 4.68 Å². The van der Waals surface area contributed by atoms with Crippen LogP contribution in [0.3, 0.4) is 0 Å². The van der Waals surface area contributed by atoms with Crippen molar-refractivity contribution in [3.05, 3.63) is 46.8 Å². The zero-order chi connectivity index (χ0) is 18.1. The van der Waals surface area contributed by atoms with Crippen LogP contribution in [0, 0.1) is 12.8 Å². The van der Waals surface area contributed by atoms with Crippen LogP contribution in [0.15, 0.2) is 24.3 Å². The first-order valence-corrected chi connectivity index (χ1v) is 9.79. The van der Waals surface area contributed by atoms with E-state index >= 15 is 0 Å². The topological polar surface area (TPSA) is 50.2 Å². The van der Waals surface area contributed by atoms with Gasteiger partial charge in [-0.3, -0.25) is 4.79 Å². The van der Waals surface area contributed by atoms with E-state index < -0.39 is 0 Å². The van der Waals surface area contributed by atoms with Crippen LogP contribution in [0.25, 0.3) is 5.69 Å². The Hall–Kier alpha value is -2.14. The normalized spacial score (nSPS) is 19.6. The molecule has 1 amide bonds. The molecule has 1 N–H and O–H groups in total. The predicted molar refractivity (Wildman–Crippen MR) is 103 cm³/mol. The van der Waals surface area contributed by atoms with Crippen LogP contribution >= 0.6 is 0 Å². The van der Waals surface area contributed by atoms with E-state index in [4.69, 9.17) is 5.10 Å². The first-order chi connectivity index (χ1) is 12.7. The molecule has 26 heavy (non-hydrogen) atoms. The minimum absolute atomic E-state index is 0.122. The molecule has 5 nitrogen and oxygen atoms in total. The molecule has 4 rings (SSSR count). The van der Waals surface area contributed by atoms with Gasteiger partial charge in [-0.05, 0) is 70.2 Å². The summed E-state index contributed by atoms with van der Waals surface area (Å²) in [7, 11) is 1.98. The van der Waals surface area contributed by atoms with Crippen LogP contribution in [-0.2, 0) is 12.8 Å². The molecule has 1 aromatic heterocycles. The molecule has 0 spiro atoms. The minimum atomic E-state index is 0.122. The number of hydrogen-bond acceptors (Lipinski definition) is 3. The Labute approximate surface area is 155 Å². The molecule has 1 unspecified atom stereocenters. The molecule has 1 aliphatic heterocycles. The molecule has 0 saturated carbocycles. The first-order valence-electron chi connectivity index (χ1n) is 9.79. The van der Waals surface area contributed by atoms with Crippen LogP contribution < -0.4 is 5.32 Å². The van der Waals surface area contributed by atoms with Crippen molar-refractivity contribution in [2.75, 3.05) is 26.7 Å². The van der Waals surface area contributed by atoms with Crippen molar-refractivity contribution in [1.29, 1.82) is 0 Å². The smallest absolute Gasteiger partial charge is 0.274 e. The van der Waals surface area contributed by atoms with E-state index in [2.05, 4.69) is 24.4 Å². The lowest BCUT2D eigenvalue weighted by Gasteiger charge is -2.32. The molecule has 1 fully saturated rings. The highest BCUT2D eigenvalue weighted by molar-refractivity contribution is 5.94. The van der Waals surface area contributed by atoms with Crippen LogP contribution in [-0.4, -0.2) is 47.3 Å². The lowest BCUT2D eigenvalue weighted by Crippen LogP contribution is -2.42. The van der Waals surface area contributed by atoms with E-state index in [9.17, 15) is 4.79 Å². The highest BCUT2D eigenvalue weighted by Crippen LogP contribution is 2.30. The van der Waals surface area contributed by atoms with Crippen molar-refractivity contribution >= 4 is 5.91 Å². The van der Waals surface area contributed by atoms with Crippen LogP contribution in [0.4, 0.5) is 0 Å². The van der Waals surface area contributed by atoms with E-state index in [1.807, 2.05) is 28.8 Å².